The highest BCUT2D eigenvalue weighted by Gasteiger charge is 2.41. The largest absolute Gasteiger partial charge is 0.245 e. The Morgan fingerprint density at radius 1 is 1.08 bits per heavy atom. The lowest BCUT2D eigenvalue weighted by molar-refractivity contribution is 0.240. The first-order valence-electron chi connectivity index (χ1n) is 8.51. The summed E-state index contributed by atoms with van der Waals surface area (Å²) in [6.45, 7) is 0.510. The minimum atomic E-state index is -3.63. The number of rotatable bonds is 3. The number of fused-ring (bicyclic) bond motifs is 1. The Hall–Kier alpha value is -1.01. The summed E-state index contributed by atoms with van der Waals surface area (Å²) in [7, 11) is -3.63. The van der Waals surface area contributed by atoms with E-state index in [1.807, 2.05) is 23.9 Å². The van der Waals surface area contributed by atoms with Gasteiger partial charge in [-0.25, -0.2) is 8.42 Å². The molecule has 2 unspecified atom stereocenters. The summed E-state index contributed by atoms with van der Waals surface area (Å²) in [5, 5.41) is 0.293. The first-order chi connectivity index (χ1) is 12.1. The fourth-order valence-corrected chi connectivity index (χ4v) is 7.37. The molecule has 1 fully saturated rings. The third-order valence-electron chi connectivity index (χ3n) is 5.12. The topological polar surface area (TPSA) is 37.4 Å². The zero-order chi connectivity index (χ0) is 17.4. The van der Waals surface area contributed by atoms with E-state index in [0.717, 1.165) is 29.9 Å². The fourth-order valence-electron chi connectivity index (χ4n) is 3.92. The molecule has 132 valence electrons. The van der Waals surface area contributed by atoms with Gasteiger partial charge in [-0.2, -0.15) is 16.1 Å². The minimum Gasteiger partial charge on any atom is -0.207 e. The van der Waals surface area contributed by atoms with Crippen molar-refractivity contribution in [3.63, 3.8) is 0 Å². The summed E-state index contributed by atoms with van der Waals surface area (Å²) >= 11 is 8.14. The predicted molar refractivity (Wildman–Crippen MR) is 104 cm³/mol. The maximum absolute atomic E-state index is 13.4. The normalized spacial score (nSPS) is 24.2. The predicted octanol–water partition coefficient (Wildman–Crippen LogP) is 4.38. The first-order valence-corrected chi connectivity index (χ1v) is 11.5. The molecule has 0 spiro atoms. The van der Waals surface area contributed by atoms with E-state index < -0.39 is 10.0 Å². The van der Waals surface area contributed by atoms with E-state index in [9.17, 15) is 8.42 Å². The van der Waals surface area contributed by atoms with Crippen LogP contribution < -0.4 is 0 Å². The summed E-state index contributed by atoms with van der Waals surface area (Å²) in [6, 6.07) is 14.9. The van der Waals surface area contributed by atoms with Crippen LogP contribution in [0.5, 0.6) is 0 Å². The number of benzene rings is 2. The highest BCUT2D eigenvalue weighted by atomic mass is 35.5. The molecule has 2 aliphatic heterocycles. The van der Waals surface area contributed by atoms with Crippen molar-refractivity contribution in [2.45, 2.75) is 23.8 Å². The van der Waals surface area contributed by atoms with Crippen LogP contribution in [-0.2, 0) is 16.4 Å². The SMILES string of the molecule is O=S(=O)(c1ccccc1Cl)N1CCc2ccccc2C1C1CCSC1. The minimum absolute atomic E-state index is 0.0961. The van der Waals surface area contributed by atoms with Gasteiger partial charge in [0.2, 0.25) is 10.0 Å². The van der Waals surface area contributed by atoms with Crippen LogP contribution >= 0.6 is 23.4 Å². The molecule has 0 amide bonds. The van der Waals surface area contributed by atoms with Gasteiger partial charge in [0.15, 0.2) is 0 Å². The third-order valence-corrected chi connectivity index (χ3v) is 8.69. The standard InChI is InChI=1S/C19H20ClNO2S2/c20-17-7-3-4-8-18(17)25(22,23)21-11-9-14-5-1-2-6-16(14)19(21)15-10-12-24-13-15/h1-8,15,19H,9-13H2. The van der Waals surface area contributed by atoms with Crippen molar-refractivity contribution in [3.05, 3.63) is 64.7 Å². The molecular formula is C19H20ClNO2S2. The summed E-state index contributed by atoms with van der Waals surface area (Å²) in [4.78, 5) is 0.215. The van der Waals surface area contributed by atoms with E-state index in [0.29, 0.717) is 17.5 Å². The van der Waals surface area contributed by atoms with Crippen molar-refractivity contribution >= 4 is 33.4 Å². The molecule has 0 aromatic heterocycles. The molecule has 2 heterocycles. The van der Waals surface area contributed by atoms with Crippen LogP contribution in [-0.4, -0.2) is 30.8 Å². The second-order valence-corrected chi connectivity index (χ2v) is 9.98. The van der Waals surface area contributed by atoms with Gasteiger partial charge < -0.3 is 0 Å². The first kappa shape index (κ1) is 17.4. The number of halogens is 1. The molecule has 1 saturated heterocycles. The molecule has 0 aliphatic carbocycles. The van der Waals surface area contributed by atoms with Crippen molar-refractivity contribution in [1.29, 1.82) is 0 Å². The highest BCUT2D eigenvalue weighted by molar-refractivity contribution is 7.99. The summed E-state index contributed by atoms with van der Waals surface area (Å²) in [6.07, 6.45) is 1.80. The summed E-state index contributed by atoms with van der Waals surface area (Å²) < 4.78 is 28.5. The van der Waals surface area contributed by atoms with Crippen molar-refractivity contribution in [1.82, 2.24) is 4.31 Å². The molecule has 2 aromatic rings. The van der Waals surface area contributed by atoms with E-state index in [1.165, 1.54) is 5.56 Å². The lowest BCUT2D eigenvalue weighted by Gasteiger charge is -2.39. The van der Waals surface area contributed by atoms with E-state index in [-0.39, 0.29) is 10.9 Å². The number of hydrogen-bond acceptors (Lipinski definition) is 3. The lowest BCUT2D eigenvalue weighted by atomic mass is 9.86. The Morgan fingerprint density at radius 3 is 2.60 bits per heavy atom. The average Bonchev–Trinajstić information content (AvgIpc) is 3.15. The molecule has 0 N–H and O–H groups in total. The van der Waals surface area contributed by atoms with Gasteiger partial charge >= 0.3 is 0 Å². The van der Waals surface area contributed by atoms with Gasteiger partial charge in [-0.3, -0.25) is 0 Å². The van der Waals surface area contributed by atoms with Crippen LogP contribution in [0.4, 0.5) is 0 Å². The van der Waals surface area contributed by atoms with Gasteiger partial charge in [-0.15, -0.1) is 0 Å². The second-order valence-electron chi connectivity index (χ2n) is 6.56. The van der Waals surface area contributed by atoms with Gasteiger partial charge in [-0.05, 0) is 53.5 Å². The van der Waals surface area contributed by atoms with Crippen molar-refractivity contribution < 1.29 is 8.42 Å². The van der Waals surface area contributed by atoms with Crippen LogP contribution in [0.15, 0.2) is 53.4 Å². The van der Waals surface area contributed by atoms with Gasteiger partial charge in [-0.1, -0.05) is 48.0 Å². The Balaban J connectivity index is 1.82. The monoisotopic (exact) mass is 393 g/mol. The Bertz CT molecular complexity index is 878. The second kappa shape index (κ2) is 6.95. The molecule has 4 rings (SSSR count). The fraction of sp³-hybridized carbons (Fsp3) is 0.368. The maximum Gasteiger partial charge on any atom is 0.245 e. The van der Waals surface area contributed by atoms with Gasteiger partial charge in [0.25, 0.3) is 0 Å². The van der Waals surface area contributed by atoms with Crippen molar-refractivity contribution in [2.75, 3.05) is 18.1 Å². The van der Waals surface area contributed by atoms with E-state index in [2.05, 4.69) is 12.1 Å². The van der Waals surface area contributed by atoms with E-state index in [4.69, 9.17) is 11.6 Å². The Kier molecular flexibility index (Phi) is 4.84. The molecule has 2 atom stereocenters. The molecule has 3 nitrogen and oxygen atoms in total. The number of nitrogens with zero attached hydrogens (tertiary/aromatic N) is 1. The Labute approximate surface area is 158 Å². The van der Waals surface area contributed by atoms with E-state index in [1.54, 1.807) is 28.6 Å². The number of hydrogen-bond donors (Lipinski definition) is 0. The molecule has 0 bridgehead atoms. The molecular weight excluding hydrogens is 374 g/mol. The summed E-state index contributed by atoms with van der Waals surface area (Å²) in [5.41, 5.74) is 2.44. The van der Waals surface area contributed by atoms with E-state index >= 15 is 0 Å². The molecule has 25 heavy (non-hydrogen) atoms. The lowest BCUT2D eigenvalue weighted by Crippen LogP contribution is -2.43. The average molecular weight is 394 g/mol. The zero-order valence-electron chi connectivity index (χ0n) is 13.8. The van der Waals surface area contributed by atoms with Crippen LogP contribution in [0.25, 0.3) is 0 Å². The number of thioether (sulfide) groups is 1. The van der Waals surface area contributed by atoms with Crippen LogP contribution in [0.2, 0.25) is 5.02 Å². The van der Waals surface area contributed by atoms with Crippen LogP contribution in [0, 0.1) is 5.92 Å². The summed E-state index contributed by atoms with van der Waals surface area (Å²) in [5.74, 6) is 2.46. The maximum atomic E-state index is 13.4. The van der Waals surface area contributed by atoms with Gasteiger partial charge in [0.1, 0.15) is 4.90 Å². The third kappa shape index (κ3) is 3.12. The molecule has 2 aromatic carbocycles. The number of sulfonamides is 1. The smallest absolute Gasteiger partial charge is 0.207 e. The van der Waals surface area contributed by atoms with Gasteiger partial charge in [0.05, 0.1) is 11.1 Å². The molecule has 2 aliphatic rings. The molecule has 0 saturated carbocycles. The zero-order valence-corrected chi connectivity index (χ0v) is 16.2. The van der Waals surface area contributed by atoms with Crippen LogP contribution in [0.3, 0.4) is 0 Å². The quantitative estimate of drug-likeness (QED) is 0.776. The van der Waals surface area contributed by atoms with Crippen molar-refractivity contribution in [2.24, 2.45) is 5.92 Å². The highest BCUT2D eigenvalue weighted by Crippen LogP contribution is 2.44. The van der Waals surface area contributed by atoms with Crippen LogP contribution in [0.1, 0.15) is 23.6 Å². The van der Waals surface area contributed by atoms with Gasteiger partial charge in [0, 0.05) is 6.54 Å². The Morgan fingerprint density at radius 2 is 1.84 bits per heavy atom. The van der Waals surface area contributed by atoms with Crippen molar-refractivity contribution in [3.8, 4) is 0 Å². The molecule has 6 heteroatoms. The molecule has 0 radical (unpaired) electrons.